The molecular formula is C12H13F6NO. The van der Waals surface area contributed by atoms with E-state index in [0.717, 1.165) is 4.90 Å². The summed E-state index contributed by atoms with van der Waals surface area (Å²) in [5.41, 5.74) is -0.108. The van der Waals surface area contributed by atoms with Crippen molar-refractivity contribution in [2.24, 2.45) is 0 Å². The molecule has 0 unspecified atom stereocenters. The number of rotatable bonds is 6. The third kappa shape index (κ3) is 5.38. The first kappa shape index (κ1) is 16.8. The Morgan fingerprint density at radius 1 is 1.05 bits per heavy atom. The predicted octanol–water partition coefficient (Wildman–Crippen LogP) is 2.85. The van der Waals surface area contributed by atoms with Crippen molar-refractivity contribution >= 4 is 0 Å². The molecule has 0 bridgehead atoms. The Hall–Kier alpha value is -1.28. The third-order valence-corrected chi connectivity index (χ3v) is 2.49. The van der Waals surface area contributed by atoms with Crippen LogP contribution in [0.25, 0.3) is 0 Å². The minimum Gasteiger partial charge on any atom is -0.396 e. The Kier molecular flexibility index (Phi) is 5.82. The van der Waals surface area contributed by atoms with Gasteiger partial charge in [-0.3, -0.25) is 4.90 Å². The molecule has 114 valence electrons. The summed E-state index contributed by atoms with van der Waals surface area (Å²) in [7, 11) is 0. The van der Waals surface area contributed by atoms with Crippen LogP contribution in [0.4, 0.5) is 26.3 Å². The van der Waals surface area contributed by atoms with Gasteiger partial charge in [0.15, 0.2) is 17.5 Å². The Labute approximate surface area is 111 Å². The summed E-state index contributed by atoms with van der Waals surface area (Å²) in [5.74, 6) is -4.56. The van der Waals surface area contributed by atoms with Crippen molar-refractivity contribution in [1.82, 2.24) is 4.90 Å². The Balaban J connectivity index is 2.83. The van der Waals surface area contributed by atoms with Crippen molar-refractivity contribution < 1.29 is 31.4 Å². The zero-order chi connectivity index (χ0) is 15.3. The van der Waals surface area contributed by atoms with E-state index in [4.69, 9.17) is 5.11 Å². The summed E-state index contributed by atoms with van der Waals surface area (Å²) in [5, 5.41) is 8.63. The number of nitrogens with zero attached hydrogens (tertiary/aromatic N) is 1. The summed E-state index contributed by atoms with van der Waals surface area (Å²) in [6, 6.07) is 1.31. The highest BCUT2D eigenvalue weighted by molar-refractivity contribution is 5.19. The molecule has 20 heavy (non-hydrogen) atoms. The van der Waals surface area contributed by atoms with Crippen LogP contribution < -0.4 is 0 Å². The van der Waals surface area contributed by atoms with Crippen LogP contribution >= 0.6 is 0 Å². The van der Waals surface area contributed by atoms with Crippen LogP contribution in [0.5, 0.6) is 0 Å². The topological polar surface area (TPSA) is 23.5 Å². The van der Waals surface area contributed by atoms with Gasteiger partial charge in [-0.2, -0.15) is 13.2 Å². The minimum atomic E-state index is -4.48. The number of aliphatic hydroxyl groups excluding tert-OH is 1. The monoisotopic (exact) mass is 301 g/mol. The zero-order valence-electron chi connectivity index (χ0n) is 10.4. The van der Waals surface area contributed by atoms with Gasteiger partial charge >= 0.3 is 6.18 Å². The predicted molar refractivity (Wildman–Crippen MR) is 59.4 cm³/mol. The molecule has 2 nitrogen and oxygen atoms in total. The standard InChI is InChI=1S/C12H13F6NO/c13-9-4-8(5-10(14)11(9)15)6-19(2-1-3-20)7-12(16,17)18/h4-5,20H,1-3,6-7H2. The number of alkyl halides is 3. The van der Waals surface area contributed by atoms with Crippen LogP contribution in [0.1, 0.15) is 12.0 Å². The molecule has 0 aliphatic heterocycles. The van der Waals surface area contributed by atoms with E-state index in [-0.39, 0.29) is 25.1 Å². The second-order valence-electron chi connectivity index (χ2n) is 4.28. The fourth-order valence-electron chi connectivity index (χ4n) is 1.72. The van der Waals surface area contributed by atoms with Crippen LogP contribution in [0.15, 0.2) is 12.1 Å². The first-order chi connectivity index (χ1) is 9.23. The molecule has 0 aromatic heterocycles. The molecule has 8 heteroatoms. The maximum Gasteiger partial charge on any atom is 0.401 e. The molecule has 1 aromatic rings. The van der Waals surface area contributed by atoms with Crippen molar-refractivity contribution in [3.8, 4) is 0 Å². The summed E-state index contributed by atoms with van der Waals surface area (Å²) < 4.78 is 75.8. The van der Waals surface area contributed by atoms with Crippen LogP contribution in [0.2, 0.25) is 0 Å². The Morgan fingerprint density at radius 2 is 1.60 bits per heavy atom. The number of aliphatic hydroxyl groups is 1. The fraction of sp³-hybridized carbons (Fsp3) is 0.500. The van der Waals surface area contributed by atoms with E-state index >= 15 is 0 Å². The summed E-state index contributed by atoms with van der Waals surface area (Å²) in [4.78, 5) is 0.877. The number of hydrogen-bond acceptors (Lipinski definition) is 2. The molecule has 0 spiro atoms. The highest BCUT2D eigenvalue weighted by Crippen LogP contribution is 2.20. The molecule has 0 amide bonds. The normalized spacial score (nSPS) is 12.2. The van der Waals surface area contributed by atoms with Gasteiger partial charge in [0, 0.05) is 19.7 Å². The highest BCUT2D eigenvalue weighted by atomic mass is 19.4. The van der Waals surface area contributed by atoms with Gasteiger partial charge in [0.1, 0.15) is 0 Å². The molecule has 0 radical (unpaired) electrons. The van der Waals surface area contributed by atoms with Gasteiger partial charge in [-0.15, -0.1) is 0 Å². The lowest BCUT2D eigenvalue weighted by Gasteiger charge is -2.23. The summed E-state index contributed by atoms with van der Waals surface area (Å²) >= 11 is 0. The van der Waals surface area contributed by atoms with Crippen molar-refractivity contribution in [2.45, 2.75) is 19.1 Å². The first-order valence-electron chi connectivity index (χ1n) is 5.76. The summed E-state index contributed by atoms with van der Waals surface area (Å²) in [6.45, 7) is -2.08. The van der Waals surface area contributed by atoms with E-state index in [1.165, 1.54) is 0 Å². The molecule has 1 rings (SSSR count). The molecule has 0 fully saturated rings. The molecule has 0 saturated carbocycles. The second kappa shape index (κ2) is 6.94. The van der Waals surface area contributed by atoms with Gasteiger partial charge in [-0.25, -0.2) is 13.2 Å². The van der Waals surface area contributed by atoms with Crippen LogP contribution in [0, 0.1) is 17.5 Å². The number of benzene rings is 1. The van der Waals surface area contributed by atoms with E-state index < -0.39 is 36.7 Å². The van der Waals surface area contributed by atoms with Crippen molar-refractivity contribution in [3.05, 3.63) is 35.1 Å². The lowest BCUT2D eigenvalue weighted by molar-refractivity contribution is -0.147. The Bertz CT molecular complexity index is 425. The van der Waals surface area contributed by atoms with Crippen molar-refractivity contribution in [3.63, 3.8) is 0 Å². The highest BCUT2D eigenvalue weighted by Gasteiger charge is 2.30. The maximum absolute atomic E-state index is 13.0. The van der Waals surface area contributed by atoms with Gasteiger partial charge in [-0.1, -0.05) is 0 Å². The average Bonchev–Trinajstić information content (AvgIpc) is 2.31. The Morgan fingerprint density at radius 3 is 2.05 bits per heavy atom. The van der Waals surface area contributed by atoms with Crippen LogP contribution in [0.3, 0.4) is 0 Å². The molecular weight excluding hydrogens is 288 g/mol. The lowest BCUT2D eigenvalue weighted by Crippen LogP contribution is -2.35. The molecule has 0 saturated heterocycles. The van der Waals surface area contributed by atoms with Gasteiger partial charge < -0.3 is 5.11 Å². The molecule has 0 atom stereocenters. The van der Waals surface area contributed by atoms with E-state index in [9.17, 15) is 26.3 Å². The van der Waals surface area contributed by atoms with Crippen molar-refractivity contribution in [1.29, 1.82) is 0 Å². The fourth-order valence-corrected chi connectivity index (χ4v) is 1.72. The first-order valence-corrected chi connectivity index (χ1v) is 5.76. The third-order valence-electron chi connectivity index (χ3n) is 2.49. The zero-order valence-corrected chi connectivity index (χ0v) is 10.4. The van der Waals surface area contributed by atoms with E-state index in [2.05, 4.69) is 0 Å². The molecule has 0 aliphatic rings. The molecule has 1 aromatic carbocycles. The van der Waals surface area contributed by atoms with Gasteiger partial charge in [0.05, 0.1) is 6.54 Å². The van der Waals surface area contributed by atoms with Crippen LogP contribution in [-0.2, 0) is 6.54 Å². The van der Waals surface area contributed by atoms with Gasteiger partial charge in [0.2, 0.25) is 0 Å². The molecule has 0 aliphatic carbocycles. The van der Waals surface area contributed by atoms with Gasteiger partial charge in [0.25, 0.3) is 0 Å². The molecule has 1 N–H and O–H groups in total. The number of hydrogen-bond donors (Lipinski definition) is 1. The minimum absolute atomic E-state index is 0.0856. The summed E-state index contributed by atoms with van der Waals surface area (Å²) in [6.07, 6.45) is -4.39. The van der Waals surface area contributed by atoms with Crippen molar-refractivity contribution in [2.75, 3.05) is 19.7 Å². The van der Waals surface area contributed by atoms with E-state index in [1.807, 2.05) is 0 Å². The second-order valence-corrected chi connectivity index (χ2v) is 4.28. The molecule has 0 heterocycles. The SMILES string of the molecule is OCCCN(Cc1cc(F)c(F)c(F)c1)CC(F)(F)F. The smallest absolute Gasteiger partial charge is 0.396 e. The van der Waals surface area contributed by atoms with E-state index in [0.29, 0.717) is 12.1 Å². The number of halogens is 6. The quantitative estimate of drug-likeness (QED) is 0.645. The maximum atomic E-state index is 13.0. The largest absolute Gasteiger partial charge is 0.401 e. The van der Waals surface area contributed by atoms with E-state index in [1.54, 1.807) is 0 Å². The lowest BCUT2D eigenvalue weighted by atomic mass is 10.2. The van der Waals surface area contributed by atoms with Crippen LogP contribution in [-0.4, -0.2) is 35.9 Å². The average molecular weight is 301 g/mol. The van der Waals surface area contributed by atoms with Gasteiger partial charge in [-0.05, 0) is 24.1 Å².